The minimum absolute atomic E-state index is 0.0441. The maximum atomic E-state index is 14.1. The normalized spacial score (nSPS) is 21.0. The topological polar surface area (TPSA) is 98.1 Å². The molecule has 6 nitrogen and oxygen atoms in total. The molecule has 0 spiro atoms. The second kappa shape index (κ2) is 13.8. The molecule has 3 N–H and O–H groups in total. The van der Waals surface area contributed by atoms with Gasteiger partial charge in [0.05, 0.1) is 41.4 Å². The van der Waals surface area contributed by atoms with Crippen LogP contribution in [0.4, 0.5) is 36.4 Å². The van der Waals surface area contributed by atoms with Crippen molar-refractivity contribution in [1.82, 2.24) is 0 Å². The molecule has 0 unspecified atom stereocenters. The molecule has 260 valence electrons. The van der Waals surface area contributed by atoms with Crippen molar-refractivity contribution in [3.63, 3.8) is 0 Å². The van der Waals surface area contributed by atoms with Crippen LogP contribution in [0.3, 0.4) is 0 Å². The Balaban J connectivity index is 1.47. The number of alkyl halides is 6. The summed E-state index contributed by atoms with van der Waals surface area (Å²) in [4.78, 5) is 27.7. The third-order valence-electron chi connectivity index (χ3n) is 9.14. The fourth-order valence-corrected chi connectivity index (χ4v) is 6.83. The summed E-state index contributed by atoms with van der Waals surface area (Å²) in [6.07, 6.45) is -9.55. The van der Waals surface area contributed by atoms with E-state index in [1.165, 1.54) is 12.1 Å². The Morgan fingerprint density at radius 1 is 0.939 bits per heavy atom. The number of carbonyl (C=O) groups excluding carboxylic acids is 2. The summed E-state index contributed by atoms with van der Waals surface area (Å²) >= 11 is 0. The van der Waals surface area contributed by atoms with Crippen molar-refractivity contribution in [3.8, 4) is 5.75 Å². The summed E-state index contributed by atoms with van der Waals surface area (Å²) in [5.74, 6) is -7.07. The molecule has 2 aliphatic rings. The van der Waals surface area contributed by atoms with Gasteiger partial charge in [0, 0.05) is 5.92 Å². The zero-order valence-electron chi connectivity index (χ0n) is 26.0. The van der Waals surface area contributed by atoms with Gasteiger partial charge in [0.2, 0.25) is 11.8 Å². The highest BCUT2D eigenvalue weighted by Gasteiger charge is 2.55. The largest absolute Gasteiger partial charge is 0.505 e. The van der Waals surface area contributed by atoms with Gasteiger partial charge < -0.3 is 15.3 Å². The van der Waals surface area contributed by atoms with Gasteiger partial charge in [-0.25, -0.2) is 9.29 Å². The van der Waals surface area contributed by atoms with E-state index in [-0.39, 0.29) is 37.3 Å². The SMILES string of the molecule is CCC1=C([C@H](O)CC/C(=C/c2ccc(O)c(F)c2)c2ccccc2)[C@H](CO)[C@@H]2C(=O)N(c3cc(C(F)(F)F)cc(C(F)(F)F)c3)C(=O)[C@@H]2C1. The van der Waals surface area contributed by atoms with E-state index < -0.39 is 83.0 Å². The van der Waals surface area contributed by atoms with Crippen molar-refractivity contribution < 1.29 is 55.6 Å². The number of allylic oxidation sites excluding steroid dienone is 2. The number of imide groups is 1. The van der Waals surface area contributed by atoms with Crippen LogP contribution in [0.25, 0.3) is 11.6 Å². The summed E-state index contributed by atoms with van der Waals surface area (Å²) in [6, 6.07) is 13.4. The van der Waals surface area contributed by atoms with Crippen molar-refractivity contribution in [2.45, 2.75) is 51.1 Å². The number of rotatable bonds is 9. The van der Waals surface area contributed by atoms with Crippen molar-refractivity contribution in [2.24, 2.45) is 17.8 Å². The lowest BCUT2D eigenvalue weighted by Crippen LogP contribution is -2.39. The maximum absolute atomic E-state index is 14.1. The minimum Gasteiger partial charge on any atom is -0.505 e. The summed E-state index contributed by atoms with van der Waals surface area (Å²) < 4.78 is 95.7. The lowest BCUT2D eigenvalue weighted by Gasteiger charge is -2.36. The number of hydrogen-bond acceptors (Lipinski definition) is 5. The van der Waals surface area contributed by atoms with Crippen LogP contribution in [-0.4, -0.2) is 39.8 Å². The Bertz CT molecular complexity index is 1770. The van der Waals surface area contributed by atoms with Crippen LogP contribution in [0.15, 0.2) is 77.9 Å². The number of hydrogen-bond donors (Lipinski definition) is 3. The van der Waals surface area contributed by atoms with Crippen LogP contribution in [0.1, 0.15) is 54.9 Å². The van der Waals surface area contributed by atoms with Gasteiger partial charge in [0.25, 0.3) is 0 Å². The van der Waals surface area contributed by atoms with Crippen LogP contribution in [0.2, 0.25) is 0 Å². The van der Waals surface area contributed by atoms with Gasteiger partial charge in [-0.05, 0) is 78.3 Å². The molecule has 0 radical (unpaired) electrons. The van der Waals surface area contributed by atoms with E-state index in [2.05, 4.69) is 0 Å². The second-order valence-corrected chi connectivity index (χ2v) is 12.1. The molecule has 5 rings (SSSR count). The predicted octanol–water partition coefficient (Wildman–Crippen LogP) is 7.78. The number of carbonyl (C=O) groups is 2. The summed E-state index contributed by atoms with van der Waals surface area (Å²) in [6.45, 7) is 1.00. The molecule has 0 bridgehead atoms. The van der Waals surface area contributed by atoms with Gasteiger partial charge in [0.1, 0.15) is 0 Å². The van der Waals surface area contributed by atoms with E-state index in [4.69, 9.17) is 0 Å². The first-order valence-corrected chi connectivity index (χ1v) is 15.5. The van der Waals surface area contributed by atoms with E-state index >= 15 is 0 Å². The zero-order valence-corrected chi connectivity index (χ0v) is 26.0. The Morgan fingerprint density at radius 3 is 2.12 bits per heavy atom. The first-order chi connectivity index (χ1) is 23.0. The van der Waals surface area contributed by atoms with E-state index in [0.29, 0.717) is 33.7 Å². The van der Waals surface area contributed by atoms with Gasteiger partial charge in [-0.3, -0.25) is 9.59 Å². The number of fused-ring (bicyclic) bond motifs is 1. The fourth-order valence-electron chi connectivity index (χ4n) is 6.83. The van der Waals surface area contributed by atoms with Crippen molar-refractivity contribution in [1.29, 1.82) is 0 Å². The van der Waals surface area contributed by atoms with Gasteiger partial charge in [-0.1, -0.05) is 55.0 Å². The van der Waals surface area contributed by atoms with Crippen LogP contribution in [0, 0.1) is 23.6 Å². The quantitative estimate of drug-likeness (QED) is 0.0922. The highest BCUT2D eigenvalue weighted by atomic mass is 19.4. The molecule has 3 aromatic rings. The highest BCUT2D eigenvalue weighted by molar-refractivity contribution is 6.22. The number of aliphatic hydroxyl groups is 2. The van der Waals surface area contributed by atoms with Gasteiger partial charge in [-0.2, -0.15) is 26.3 Å². The molecule has 0 saturated carbocycles. The van der Waals surface area contributed by atoms with Gasteiger partial charge >= 0.3 is 12.4 Å². The van der Waals surface area contributed by atoms with Gasteiger partial charge in [0.15, 0.2) is 11.6 Å². The second-order valence-electron chi connectivity index (χ2n) is 12.1. The number of benzene rings is 3. The summed E-state index contributed by atoms with van der Waals surface area (Å²) in [5.41, 5.74) is -1.56. The molecular formula is C36H32F7NO5. The molecule has 1 saturated heterocycles. The number of aromatic hydroxyl groups is 1. The number of aliphatic hydroxyl groups excluding tert-OH is 2. The minimum atomic E-state index is -5.21. The van der Waals surface area contributed by atoms with E-state index in [9.17, 15) is 55.6 Å². The molecule has 49 heavy (non-hydrogen) atoms. The first kappa shape index (κ1) is 35.8. The molecular weight excluding hydrogens is 659 g/mol. The first-order valence-electron chi connectivity index (χ1n) is 15.5. The Kier molecular flexibility index (Phi) is 10.1. The fraction of sp³-hybridized carbons (Fsp3) is 0.333. The number of anilines is 1. The maximum Gasteiger partial charge on any atom is 0.416 e. The monoisotopic (exact) mass is 691 g/mol. The van der Waals surface area contributed by atoms with Crippen LogP contribution in [0.5, 0.6) is 5.75 Å². The number of amides is 2. The average molecular weight is 692 g/mol. The molecule has 1 aliphatic carbocycles. The molecule has 1 heterocycles. The van der Waals surface area contributed by atoms with Gasteiger partial charge in [-0.15, -0.1) is 0 Å². The molecule has 4 atom stereocenters. The number of halogens is 7. The summed E-state index contributed by atoms with van der Waals surface area (Å²) in [5, 5.41) is 31.7. The Labute approximate surface area is 276 Å². The third-order valence-corrected chi connectivity index (χ3v) is 9.14. The smallest absolute Gasteiger partial charge is 0.416 e. The van der Waals surface area contributed by atoms with E-state index in [1.54, 1.807) is 31.2 Å². The molecule has 13 heteroatoms. The number of phenols is 1. The molecule has 1 aliphatic heterocycles. The van der Waals surface area contributed by atoms with Crippen LogP contribution in [-0.2, 0) is 21.9 Å². The predicted molar refractivity (Wildman–Crippen MR) is 166 cm³/mol. The van der Waals surface area contributed by atoms with Crippen molar-refractivity contribution in [3.05, 3.63) is 106 Å². The van der Waals surface area contributed by atoms with Crippen LogP contribution >= 0.6 is 0 Å². The Hall–Kier alpha value is -4.49. The standard InChI is InChI=1S/C36H32F7NO5/c1-2-20-14-26-32(34(49)44(33(26)48)25-16-23(35(38,39)40)15-24(17-25)36(41,42)43)27(18-45)31(20)30(47)11-9-22(21-6-4-3-5-7-21)12-19-8-10-29(46)28(37)13-19/h3-8,10,12-13,15-17,26-27,30,32,45-47H,2,9,11,14,18H2,1H3/b22-12-/t26-,27+,30-,32-/m1/s1. The lowest BCUT2D eigenvalue weighted by atomic mass is 9.67. The molecule has 2 amide bonds. The number of nitrogens with zero attached hydrogens (tertiary/aromatic N) is 1. The van der Waals surface area contributed by atoms with E-state index in [0.717, 1.165) is 11.6 Å². The average Bonchev–Trinajstić information content (AvgIpc) is 3.31. The van der Waals surface area contributed by atoms with Crippen LogP contribution < -0.4 is 4.90 Å². The molecule has 3 aromatic carbocycles. The van der Waals surface area contributed by atoms with Crippen molar-refractivity contribution in [2.75, 3.05) is 11.5 Å². The molecule has 0 aromatic heterocycles. The highest BCUT2D eigenvalue weighted by Crippen LogP contribution is 2.49. The third kappa shape index (κ3) is 7.28. The molecule has 1 fully saturated rings. The van der Waals surface area contributed by atoms with E-state index in [1.807, 2.05) is 12.1 Å². The zero-order chi connectivity index (χ0) is 35.8. The Morgan fingerprint density at radius 2 is 1.57 bits per heavy atom. The van der Waals surface area contributed by atoms with Crippen molar-refractivity contribution >= 4 is 29.2 Å². The lowest BCUT2D eigenvalue weighted by molar-refractivity contribution is -0.143. The summed E-state index contributed by atoms with van der Waals surface area (Å²) in [7, 11) is 0. The number of phenolic OH excluding ortho intramolecular Hbond substituents is 1.